The van der Waals surface area contributed by atoms with Crippen molar-refractivity contribution >= 4 is 11.8 Å². The number of carbonyl (C=O) groups is 1. The van der Waals surface area contributed by atoms with Crippen LogP contribution in [0.2, 0.25) is 0 Å². The lowest BCUT2D eigenvalue weighted by Crippen LogP contribution is -2.29. The van der Waals surface area contributed by atoms with E-state index in [4.69, 9.17) is 4.74 Å². The number of hydrogen-bond acceptors (Lipinski definition) is 6. The molecule has 0 radical (unpaired) electrons. The molecule has 1 heterocycles. The van der Waals surface area contributed by atoms with Crippen LogP contribution >= 0.6 is 0 Å². The monoisotopic (exact) mass is 239 g/mol. The van der Waals surface area contributed by atoms with Gasteiger partial charge in [-0.2, -0.15) is 0 Å². The van der Waals surface area contributed by atoms with Crippen LogP contribution in [-0.2, 0) is 9.53 Å². The number of methoxy groups -OCH3 is 2. The predicted molar refractivity (Wildman–Crippen MR) is 63.0 cm³/mol. The molecule has 0 aliphatic carbocycles. The molecular weight excluding hydrogens is 222 g/mol. The first-order valence-corrected chi connectivity index (χ1v) is 5.23. The second kappa shape index (κ2) is 6.03. The first-order valence-electron chi connectivity index (χ1n) is 5.23. The Kier molecular flexibility index (Phi) is 4.68. The molecule has 94 valence electrons. The molecule has 0 aliphatic rings. The summed E-state index contributed by atoms with van der Waals surface area (Å²) in [5, 5.41) is 0. The highest BCUT2D eigenvalue weighted by atomic mass is 16.5. The van der Waals surface area contributed by atoms with Crippen molar-refractivity contribution in [1.82, 2.24) is 9.97 Å². The van der Waals surface area contributed by atoms with Gasteiger partial charge in [-0.1, -0.05) is 6.92 Å². The standard InChI is InChI=1S/C11H17N3O3/c1-8(11(15)17-4)6-14(2)9-5-10(16-3)13-7-12-9/h5,7-8H,6H2,1-4H3. The molecule has 6 heteroatoms. The molecule has 0 aliphatic heterocycles. The molecule has 1 unspecified atom stereocenters. The number of ether oxygens (including phenoxy) is 2. The van der Waals surface area contributed by atoms with Crippen molar-refractivity contribution in [2.45, 2.75) is 6.92 Å². The molecule has 1 atom stereocenters. The van der Waals surface area contributed by atoms with Crippen molar-refractivity contribution in [1.29, 1.82) is 0 Å². The van der Waals surface area contributed by atoms with Gasteiger partial charge in [0.05, 0.1) is 20.1 Å². The third kappa shape index (κ3) is 3.58. The summed E-state index contributed by atoms with van der Waals surface area (Å²) in [6.45, 7) is 2.33. The number of rotatable bonds is 5. The summed E-state index contributed by atoms with van der Waals surface area (Å²) in [4.78, 5) is 21.2. The van der Waals surface area contributed by atoms with Crippen LogP contribution in [0.3, 0.4) is 0 Å². The van der Waals surface area contributed by atoms with E-state index in [1.807, 2.05) is 11.9 Å². The highest BCUT2D eigenvalue weighted by molar-refractivity contribution is 5.72. The third-order valence-corrected chi connectivity index (χ3v) is 2.38. The molecule has 0 spiro atoms. The van der Waals surface area contributed by atoms with Gasteiger partial charge >= 0.3 is 5.97 Å². The number of esters is 1. The molecule has 0 bridgehead atoms. The fourth-order valence-electron chi connectivity index (χ4n) is 1.43. The van der Waals surface area contributed by atoms with Crippen molar-refractivity contribution in [3.05, 3.63) is 12.4 Å². The van der Waals surface area contributed by atoms with Crippen LogP contribution in [0.4, 0.5) is 5.82 Å². The molecule has 17 heavy (non-hydrogen) atoms. The second-order valence-electron chi connectivity index (χ2n) is 3.72. The lowest BCUT2D eigenvalue weighted by Gasteiger charge is -2.21. The molecule has 0 aromatic carbocycles. The van der Waals surface area contributed by atoms with E-state index in [-0.39, 0.29) is 11.9 Å². The summed E-state index contributed by atoms with van der Waals surface area (Å²) in [5.41, 5.74) is 0. The Labute approximate surface area is 101 Å². The Morgan fingerprint density at radius 3 is 2.76 bits per heavy atom. The summed E-state index contributed by atoms with van der Waals surface area (Å²) < 4.78 is 9.68. The van der Waals surface area contributed by atoms with Gasteiger partial charge in [0.25, 0.3) is 0 Å². The van der Waals surface area contributed by atoms with E-state index in [0.29, 0.717) is 18.2 Å². The van der Waals surface area contributed by atoms with Crippen molar-refractivity contribution < 1.29 is 14.3 Å². The summed E-state index contributed by atoms with van der Waals surface area (Å²) in [6, 6.07) is 1.71. The Balaban J connectivity index is 2.68. The van der Waals surface area contributed by atoms with Crippen LogP contribution in [-0.4, -0.2) is 43.7 Å². The number of anilines is 1. The predicted octanol–water partition coefficient (Wildman–Crippen LogP) is 0.730. The number of hydrogen-bond donors (Lipinski definition) is 0. The van der Waals surface area contributed by atoms with Crippen LogP contribution in [0.15, 0.2) is 12.4 Å². The largest absolute Gasteiger partial charge is 0.481 e. The Hall–Kier alpha value is -1.85. The first kappa shape index (κ1) is 13.2. The van der Waals surface area contributed by atoms with Crippen molar-refractivity contribution in [2.75, 3.05) is 32.7 Å². The van der Waals surface area contributed by atoms with Crippen LogP contribution in [0.5, 0.6) is 5.88 Å². The zero-order chi connectivity index (χ0) is 12.8. The zero-order valence-electron chi connectivity index (χ0n) is 10.5. The average molecular weight is 239 g/mol. The quantitative estimate of drug-likeness (QED) is 0.706. The minimum atomic E-state index is -0.238. The van der Waals surface area contributed by atoms with Gasteiger partial charge in [0, 0.05) is 19.7 Å². The minimum absolute atomic E-state index is 0.217. The van der Waals surface area contributed by atoms with Gasteiger partial charge in [0.15, 0.2) is 0 Å². The molecule has 1 rings (SSSR count). The highest BCUT2D eigenvalue weighted by Crippen LogP contribution is 2.15. The average Bonchev–Trinajstić information content (AvgIpc) is 2.37. The zero-order valence-corrected chi connectivity index (χ0v) is 10.5. The van der Waals surface area contributed by atoms with Crippen molar-refractivity contribution in [3.63, 3.8) is 0 Å². The summed E-state index contributed by atoms with van der Waals surface area (Å²) in [5.74, 6) is 0.740. The molecule has 0 saturated carbocycles. The Bertz CT molecular complexity index is 384. The minimum Gasteiger partial charge on any atom is -0.481 e. The van der Waals surface area contributed by atoms with E-state index in [9.17, 15) is 4.79 Å². The summed E-state index contributed by atoms with van der Waals surface area (Å²) in [7, 11) is 4.77. The van der Waals surface area contributed by atoms with E-state index in [2.05, 4.69) is 14.7 Å². The molecule has 1 aromatic rings. The highest BCUT2D eigenvalue weighted by Gasteiger charge is 2.16. The van der Waals surface area contributed by atoms with E-state index < -0.39 is 0 Å². The SMILES string of the molecule is COC(=O)C(C)CN(C)c1cc(OC)ncn1. The van der Waals surface area contributed by atoms with Crippen LogP contribution < -0.4 is 9.64 Å². The Morgan fingerprint density at radius 1 is 1.47 bits per heavy atom. The van der Waals surface area contributed by atoms with Crippen LogP contribution in [0, 0.1) is 5.92 Å². The third-order valence-electron chi connectivity index (χ3n) is 2.38. The van der Waals surface area contributed by atoms with Crippen molar-refractivity contribution in [3.8, 4) is 5.88 Å². The number of aromatic nitrogens is 2. The summed E-state index contributed by atoms with van der Waals surface area (Å²) >= 11 is 0. The molecular formula is C11H17N3O3. The maximum absolute atomic E-state index is 11.3. The lowest BCUT2D eigenvalue weighted by molar-refractivity contribution is -0.144. The van der Waals surface area contributed by atoms with Gasteiger partial charge < -0.3 is 14.4 Å². The topological polar surface area (TPSA) is 64.5 Å². The summed E-state index contributed by atoms with van der Waals surface area (Å²) in [6.07, 6.45) is 1.42. The van der Waals surface area contributed by atoms with Gasteiger partial charge in [-0.15, -0.1) is 0 Å². The van der Waals surface area contributed by atoms with E-state index in [1.165, 1.54) is 13.4 Å². The normalized spacial score (nSPS) is 11.8. The van der Waals surface area contributed by atoms with Gasteiger partial charge in [0.2, 0.25) is 5.88 Å². The van der Waals surface area contributed by atoms with Gasteiger partial charge in [-0.3, -0.25) is 4.79 Å². The maximum atomic E-state index is 11.3. The van der Waals surface area contributed by atoms with Gasteiger partial charge in [-0.05, 0) is 0 Å². The fourth-order valence-corrected chi connectivity index (χ4v) is 1.43. The van der Waals surface area contributed by atoms with E-state index >= 15 is 0 Å². The fraction of sp³-hybridized carbons (Fsp3) is 0.545. The number of carbonyl (C=O) groups excluding carboxylic acids is 1. The van der Waals surface area contributed by atoms with Crippen LogP contribution in [0.25, 0.3) is 0 Å². The van der Waals surface area contributed by atoms with Crippen molar-refractivity contribution in [2.24, 2.45) is 5.92 Å². The smallest absolute Gasteiger partial charge is 0.310 e. The van der Waals surface area contributed by atoms with Crippen LogP contribution in [0.1, 0.15) is 6.92 Å². The number of nitrogens with zero attached hydrogens (tertiary/aromatic N) is 3. The van der Waals surface area contributed by atoms with E-state index in [1.54, 1.807) is 20.1 Å². The molecule has 1 aromatic heterocycles. The lowest BCUT2D eigenvalue weighted by atomic mass is 10.2. The molecule has 0 fully saturated rings. The van der Waals surface area contributed by atoms with Gasteiger partial charge in [-0.25, -0.2) is 9.97 Å². The molecule has 6 nitrogen and oxygen atoms in total. The maximum Gasteiger partial charge on any atom is 0.310 e. The molecule has 0 amide bonds. The second-order valence-corrected chi connectivity index (χ2v) is 3.72. The van der Waals surface area contributed by atoms with Gasteiger partial charge in [0.1, 0.15) is 12.1 Å². The molecule has 0 N–H and O–H groups in total. The molecule has 0 saturated heterocycles. The Morgan fingerprint density at radius 2 is 2.18 bits per heavy atom. The first-order chi connectivity index (χ1) is 8.08. The van der Waals surface area contributed by atoms with E-state index in [0.717, 1.165) is 0 Å².